The van der Waals surface area contributed by atoms with Gasteiger partial charge in [0.1, 0.15) is 22.4 Å². The highest BCUT2D eigenvalue weighted by atomic mass is 32.2. The topological polar surface area (TPSA) is 104 Å². The Kier molecular flexibility index (Phi) is 9.03. The quantitative estimate of drug-likeness (QED) is 0.215. The van der Waals surface area contributed by atoms with Gasteiger partial charge < -0.3 is 19.4 Å². The third-order valence-corrected chi connectivity index (χ3v) is 9.33. The number of nitrogens with one attached hydrogen (secondary N) is 2. The van der Waals surface area contributed by atoms with Crippen molar-refractivity contribution >= 4 is 34.9 Å². The van der Waals surface area contributed by atoms with Crippen LogP contribution in [-0.4, -0.2) is 67.0 Å². The summed E-state index contributed by atoms with van der Waals surface area (Å²) < 4.78 is 11.3. The van der Waals surface area contributed by atoms with Gasteiger partial charge in [0.15, 0.2) is 0 Å². The predicted molar refractivity (Wildman–Crippen MR) is 186 cm³/mol. The van der Waals surface area contributed by atoms with E-state index in [2.05, 4.69) is 38.9 Å². The lowest BCUT2D eigenvalue weighted by Gasteiger charge is -2.35. The molecule has 2 fully saturated rings. The minimum absolute atomic E-state index is 0.118. The molecule has 4 heterocycles. The van der Waals surface area contributed by atoms with Crippen molar-refractivity contribution in [1.29, 1.82) is 0 Å². The van der Waals surface area contributed by atoms with Gasteiger partial charge in [-0.15, -0.1) is 11.8 Å². The highest BCUT2D eigenvalue weighted by Gasteiger charge is 2.35. The molecule has 2 aromatic carbocycles. The number of ether oxygens (including phenoxy) is 2. The highest BCUT2D eigenvalue weighted by molar-refractivity contribution is 7.99. The maximum Gasteiger partial charge on any atom is 0.411 e. The van der Waals surface area contributed by atoms with Gasteiger partial charge in [-0.25, -0.2) is 14.6 Å². The maximum absolute atomic E-state index is 13.0. The van der Waals surface area contributed by atoms with E-state index in [4.69, 9.17) is 9.47 Å². The summed E-state index contributed by atoms with van der Waals surface area (Å²) in [6, 6.07) is 16.2. The van der Waals surface area contributed by atoms with Crippen molar-refractivity contribution < 1.29 is 19.1 Å². The van der Waals surface area contributed by atoms with Gasteiger partial charge in [0.2, 0.25) is 0 Å². The lowest BCUT2D eigenvalue weighted by molar-refractivity contribution is 0.0208. The van der Waals surface area contributed by atoms with Crippen LogP contribution in [0, 0.1) is 11.8 Å². The van der Waals surface area contributed by atoms with Gasteiger partial charge in [-0.3, -0.25) is 9.80 Å². The van der Waals surface area contributed by atoms with Crippen LogP contribution in [0.25, 0.3) is 22.2 Å². The van der Waals surface area contributed by atoms with Gasteiger partial charge >= 0.3 is 12.2 Å². The summed E-state index contributed by atoms with van der Waals surface area (Å²) in [6.45, 7) is 12.7. The number of likely N-dealkylation sites (tertiary alicyclic amines) is 1. The lowest BCUT2D eigenvalue weighted by atomic mass is 10.1. The number of benzene rings is 2. The Hall–Kier alpha value is -4.36. The number of H-pyrrole nitrogens is 2. The Morgan fingerprint density at radius 1 is 0.851 bits per heavy atom. The van der Waals surface area contributed by atoms with Gasteiger partial charge in [-0.05, 0) is 109 Å². The molecule has 2 aliphatic rings. The van der Waals surface area contributed by atoms with E-state index in [-0.39, 0.29) is 23.6 Å². The van der Waals surface area contributed by atoms with Crippen LogP contribution >= 0.6 is 11.8 Å². The minimum Gasteiger partial charge on any atom is -0.444 e. The number of hydrogen-bond acceptors (Lipinski definition) is 6. The molecule has 10 heteroatoms. The zero-order chi connectivity index (χ0) is 33.3. The molecule has 0 spiro atoms. The fourth-order valence-corrected chi connectivity index (χ4v) is 7.09. The number of amides is 2. The van der Waals surface area contributed by atoms with E-state index in [1.807, 2.05) is 89.0 Å². The Labute approximate surface area is 280 Å². The second kappa shape index (κ2) is 13.0. The number of hydrogen-bond donors (Lipinski definition) is 2. The van der Waals surface area contributed by atoms with E-state index in [1.165, 1.54) is 0 Å². The van der Waals surface area contributed by atoms with E-state index in [0.717, 1.165) is 69.8 Å². The van der Waals surface area contributed by atoms with E-state index >= 15 is 0 Å². The fraction of sp³-hybridized carbons (Fsp3) is 0.432. The van der Waals surface area contributed by atoms with E-state index in [9.17, 15) is 9.59 Å². The number of nitrogens with zero attached hydrogens (tertiary/aromatic N) is 3. The molecule has 246 valence electrons. The molecule has 9 nitrogen and oxygen atoms in total. The third-order valence-electron chi connectivity index (χ3n) is 7.98. The second-order valence-electron chi connectivity index (χ2n) is 14.1. The van der Waals surface area contributed by atoms with Crippen molar-refractivity contribution in [2.75, 3.05) is 18.8 Å². The summed E-state index contributed by atoms with van der Waals surface area (Å²) in [5.74, 6) is 8.35. The molecule has 0 radical (unpaired) electrons. The molecule has 4 aromatic rings. The highest BCUT2D eigenvalue weighted by Crippen LogP contribution is 2.38. The number of carbonyl (C=O) groups is 2. The molecule has 0 aliphatic carbocycles. The predicted octanol–water partition coefficient (Wildman–Crippen LogP) is 8.40. The second-order valence-corrected chi connectivity index (χ2v) is 15.3. The van der Waals surface area contributed by atoms with Crippen LogP contribution in [0.3, 0.4) is 0 Å². The summed E-state index contributed by atoms with van der Waals surface area (Å²) in [7, 11) is 0. The molecular formula is C37H43N5O4S. The fourth-order valence-electron chi connectivity index (χ4n) is 5.89. The van der Waals surface area contributed by atoms with Crippen molar-refractivity contribution in [2.24, 2.45) is 0 Å². The average Bonchev–Trinajstić information content (AvgIpc) is 3.78. The van der Waals surface area contributed by atoms with Crippen LogP contribution in [0.1, 0.15) is 94.9 Å². The molecule has 0 bridgehead atoms. The molecule has 6 rings (SSSR count). The van der Waals surface area contributed by atoms with Gasteiger partial charge in [0.25, 0.3) is 0 Å². The Morgan fingerprint density at radius 3 is 2.23 bits per heavy atom. The lowest BCUT2D eigenvalue weighted by Crippen LogP contribution is -2.41. The summed E-state index contributed by atoms with van der Waals surface area (Å²) in [4.78, 5) is 40.9. The normalized spacial score (nSPS) is 18.6. The molecule has 1 unspecified atom stereocenters. The number of carbonyl (C=O) groups excluding carboxylic acids is 2. The van der Waals surface area contributed by atoms with Crippen molar-refractivity contribution in [1.82, 2.24) is 24.8 Å². The first kappa shape index (κ1) is 32.6. The molecular weight excluding hydrogens is 611 g/mol. The number of aromatic amines is 2. The van der Waals surface area contributed by atoms with E-state index in [1.54, 1.807) is 16.7 Å². The van der Waals surface area contributed by atoms with Crippen LogP contribution in [0.2, 0.25) is 0 Å². The first-order chi connectivity index (χ1) is 22.3. The van der Waals surface area contributed by atoms with Gasteiger partial charge in [0.05, 0.1) is 17.9 Å². The van der Waals surface area contributed by atoms with Crippen LogP contribution in [0.15, 0.2) is 54.7 Å². The molecule has 2 amide bonds. The molecule has 2 N–H and O–H groups in total. The summed E-state index contributed by atoms with van der Waals surface area (Å²) in [5, 5.41) is 0.937. The number of imidazole rings is 1. The van der Waals surface area contributed by atoms with Crippen LogP contribution in [0.5, 0.6) is 0 Å². The molecule has 2 aromatic heterocycles. The SMILES string of the molecule is CC(C)(C)OC(=O)N1CCCSC1c1cc2cc(C#Cc3ccc(-c4cnc([C@@H]5CCCN5C(=O)OC(C)(C)C)[nH]4)cc3)ccc2[nH]1. The summed E-state index contributed by atoms with van der Waals surface area (Å²) >= 11 is 1.75. The smallest absolute Gasteiger partial charge is 0.411 e. The minimum atomic E-state index is -0.539. The van der Waals surface area contributed by atoms with E-state index in [0.29, 0.717) is 13.1 Å². The molecule has 2 aliphatic heterocycles. The Balaban J connectivity index is 1.13. The Bertz CT molecular complexity index is 1820. The van der Waals surface area contributed by atoms with Crippen molar-refractivity contribution in [2.45, 2.75) is 83.4 Å². The van der Waals surface area contributed by atoms with Crippen molar-refractivity contribution in [3.05, 3.63) is 77.4 Å². The number of fused-ring (bicyclic) bond motifs is 1. The van der Waals surface area contributed by atoms with Gasteiger partial charge in [-0.1, -0.05) is 24.0 Å². The number of rotatable bonds is 3. The standard InChI is InChI=1S/C37H43N5O4S/c1-36(2,3)45-34(43)41-18-7-9-31(41)32-38-23-30(40-32)26-15-12-24(13-16-26)10-11-25-14-17-28-27(21-25)22-29(39-28)33-42(19-8-20-47-33)35(44)46-37(4,5)6/h12-17,21-23,31,33,39H,7-9,18-20H2,1-6H3,(H,38,40)/t31-,33?/m0/s1. The van der Waals surface area contributed by atoms with E-state index < -0.39 is 11.2 Å². The largest absolute Gasteiger partial charge is 0.444 e. The third kappa shape index (κ3) is 7.79. The molecule has 2 saturated heterocycles. The number of aromatic nitrogens is 3. The van der Waals surface area contributed by atoms with Crippen LogP contribution < -0.4 is 0 Å². The zero-order valence-electron chi connectivity index (χ0n) is 28.0. The maximum atomic E-state index is 13.0. The molecule has 2 atom stereocenters. The van der Waals surface area contributed by atoms with Gasteiger partial charge in [0, 0.05) is 40.8 Å². The Morgan fingerprint density at radius 2 is 1.51 bits per heavy atom. The average molecular weight is 654 g/mol. The molecule has 47 heavy (non-hydrogen) atoms. The summed E-state index contributed by atoms with van der Waals surface area (Å²) in [5.41, 5.74) is 4.63. The first-order valence-corrected chi connectivity index (χ1v) is 17.3. The molecule has 0 saturated carbocycles. The van der Waals surface area contributed by atoms with Crippen molar-refractivity contribution in [3.63, 3.8) is 0 Å². The van der Waals surface area contributed by atoms with Crippen LogP contribution in [-0.2, 0) is 9.47 Å². The monoisotopic (exact) mass is 653 g/mol. The zero-order valence-corrected chi connectivity index (χ0v) is 28.8. The summed E-state index contributed by atoms with van der Waals surface area (Å²) in [6.07, 6.45) is 3.95. The first-order valence-electron chi connectivity index (χ1n) is 16.2. The number of thioether (sulfide) groups is 1. The van der Waals surface area contributed by atoms with Crippen molar-refractivity contribution in [3.8, 4) is 23.1 Å². The van der Waals surface area contributed by atoms with Gasteiger partial charge in [-0.2, -0.15) is 0 Å². The van der Waals surface area contributed by atoms with Crippen LogP contribution in [0.4, 0.5) is 9.59 Å².